The number of nitrogens with zero attached hydrogens (tertiary/aromatic N) is 1. The Balaban J connectivity index is 1.88. The normalized spacial score (nSPS) is 11.1. The number of halogens is 2. The molecule has 1 heterocycles. The third-order valence-electron chi connectivity index (χ3n) is 3.83. The summed E-state index contributed by atoms with van der Waals surface area (Å²) in [6.07, 6.45) is 0.923. The first-order chi connectivity index (χ1) is 13.4. The lowest BCUT2D eigenvalue weighted by Gasteiger charge is -2.13. The molecule has 0 saturated carbocycles. The van der Waals surface area contributed by atoms with Gasteiger partial charge in [0.15, 0.2) is 0 Å². The van der Waals surface area contributed by atoms with Crippen molar-refractivity contribution in [3.63, 3.8) is 0 Å². The number of aromatic nitrogens is 1. The fourth-order valence-corrected chi connectivity index (χ4v) is 3.60. The molecule has 0 radical (unpaired) electrons. The molecule has 144 valence electrons. The Labute approximate surface area is 160 Å². The van der Waals surface area contributed by atoms with E-state index >= 15 is 0 Å². The predicted octanol–water partition coefficient (Wildman–Crippen LogP) is 3.77. The van der Waals surface area contributed by atoms with Crippen molar-refractivity contribution in [3.8, 4) is 0 Å². The van der Waals surface area contributed by atoms with Crippen molar-refractivity contribution in [2.45, 2.75) is 11.4 Å². The van der Waals surface area contributed by atoms with Gasteiger partial charge in [-0.25, -0.2) is 17.8 Å². The molecule has 0 unspecified atom stereocenters. The van der Waals surface area contributed by atoms with Crippen molar-refractivity contribution in [1.82, 2.24) is 4.98 Å². The van der Waals surface area contributed by atoms with E-state index in [9.17, 15) is 17.2 Å². The third-order valence-corrected chi connectivity index (χ3v) is 5.20. The van der Waals surface area contributed by atoms with Crippen LogP contribution in [0.1, 0.15) is 11.1 Å². The summed E-state index contributed by atoms with van der Waals surface area (Å²) in [4.78, 5) is 2.74. The van der Waals surface area contributed by atoms with Gasteiger partial charge in [-0.15, -0.1) is 0 Å². The van der Waals surface area contributed by atoms with E-state index in [-0.39, 0.29) is 17.1 Å². The van der Waals surface area contributed by atoms with E-state index in [2.05, 4.69) is 10.3 Å². The number of sulfonamides is 1. The zero-order chi connectivity index (χ0) is 20.1. The van der Waals surface area contributed by atoms with Gasteiger partial charge in [-0.3, -0.25) is 4.72 Å². The summed E-state index contributed by atoms with van der Waals surface area (Å²) in [7, 11) is -4.36. The van der Waals surface area contributed by atoms with Crippen molar-refractivity contribution < 1.29 is 17.2 Å². The van der Waals surface area contributed by atoms with Crippen LogP contribution in [0.2, 0.25) is 0 Å². The van der Waals surface area contributed by atoms with Gasteiger partial charge in [0.05, 0.1) is 0 Å². The summed E-state index contributed by atoms with van der Waals surface area (Å²) in [5.74, 6) is -2.16. The molecule has 3 N–H and O–H groups in total. The first kappa shape index (κ1) is 19.4. The summed E-state index contributed by atoms with van der Waals surface area (Å²) < 4.78 is 54.7. The molecule has 0 saturated heterocycles. The molecule has 2 aromatic carbocycles. The summed E-state index contributed by atoms with van der Waals surface area (Å²) in [5.41, 5.74) is 1.40. The number of hydrogen-bond donors (Lipinski definition) is 3. The number of pyridine rings is 1. The maximum absolute atomic E-state index is 14.5. The van der Waals surface area contributed by atoms with Crippen molar-refractivity contribution in [2.24, 2.45) is 0 Å². The molecule has 3 rings (SSSR count). The van der Waals surface area contributed by atoms with Crippen LogP contribution in [0.25, 0.3) is 0 Å². The SMILES string of the molecule is N=Cc1cc(S(=O)(=O)Nc2cccc(F)n2)c(F)cc1NCc1ccccc1. The van der Waals surface area contributed by atoms with E-state index < -0.39 is 26.7 Å². The quantitative estimate of drug-likeness (QED) is 0.414. The third kappa shape index (κ3) is 4.49. The van der Waals surface area contributed by atoms with Gasteiger partial charge in [-0.2, -0.15) is 4.39 Å². The molecule has 0 aliphatic heterocycles. The van der Waals surface area contributed by atoms with Crippen LogP contribution in [0.4, 0.5) is 20.3 Å². The molecule has 0 bridgehead atoms. The number of nitrogens with one attached hydrogen (secondary N) is 3. The maximum atomic E-state index is 14.5. The van der Waals surface area contributed by atoms with Crippen LogP contribution in [0.3, 0.4) is 0 Å². The average Bonchev–Trinajstić information content (AvgIpc) is 2.66. The van der Waals surface area contributed by atoms with Crippen LogP contribution < -0.4 is 10.0 Å². The number of anilines is 2. The maximum Gasteiger partial charge on any atom is 0.265 e. The van der Waals surface area contributed by atoms with Gasteiger partial charge >= 0.3 is 0 Å². The minimum absolute atomic E-state index is 0.185. The fourth-order valence-electron chi connectivity index (χ4n) is 2.50. The molecular formula is C19H16F2N4O2S. The second-order valence-electron chi connectivity index (χ2n) is 5.80. The standard InChI is InChI=1S/C19H16F2N4O2S/c20-15-10-16(23-12-13-5-2-1-3-6-13)14(11-22)9-17(15)28(26,27)25-19-8-4-7-18(21)24-19/h1-11,22-23H,12H2,(H,24,25). The Kier molecular flexibility index (Phi) is 5.65. The molecule has 0 spiro atoms. The van der Waals surface area contributed by atoms with Crippen LogP contribution in [0, 0.1) is 17.2 Å². The minimum Gasteiger partial charge on any atom is -0.380 e. The molecule has 1 aromatic heterocycles. The Morgan fingerprint density at radius 3 is 2.46 bits per heavy atom. The van der Waals surface area contributed by atoms with Crippen LogP contribution in [0.15, 0.2) is 65.6 Å². The van der Waals surface area contributed by atoms with Gasteiger partial charge in [0, 0.05) is 24.0 Å². The first-order valence-electron chi connectivity index (χ1n) is 8.16. The lowest BCUT2D eigenvalue weighted by Crippen LogP contribution is -2.17. The molecular weight excluding hydrogens is 386 g/mol. The monoisotopic (exact) mass is 402 g/mol. The molecule has 0 aliphatic carbocycles. The topological polar surface area (TPSA) is 94.9 Å². The highest BCUT2D eigenvalue weighted by molar-refractivity contribution is 7.92. The Hall–Kier alpha value is -3.33. The Morgan fingerprint density at radius 1 is 1.04 bits per heavy atom. The smallest absolute Gasteiger partial charge is 0.265 e. The van der Waals surface area contributed by atoms with Gasteiger partial charge in [-0.05, 0) is 29.8 Å². The number of rotatable bonds is 7. The zero-order valence-corrected chi connectivity index (χ0v) is 15.3. The van der Waals surface area contributed by atoms with Gasteiger partial charge < -0.3 is 10.7 Å². The van der Waals surface area contributed by atoms with Gasteiger partial charge in [-0.1, -0.05) is 36.4 Å². The summed E-state index contributed by atoms with van der Waals surface area (Å²) in [6, 6.07) is 15.0. The van der Waals surface area contributed by atoms with E-state index in [0.29, 0.717) is 6.54 Å². The van der Waals surface area contributed by atoms with Crippen molar-refractivity contribution in [3.05, 3.63) is 83.6 Å². The molecule has 0 aliphatic rings. The number of benzene rings is 2. The summed E-state index contributed by atoms with van der Waals surface area (Å²) >= 11 is 0. The van der Waals surface area contributed by atoms with E-state index in [1.807, 2.05) is 35.1 Å². The van der Waals surface area contributed by atoms with Crippen LogP contribution >= 0.6 is 0 Å². The fraction of sp³-hybridized carbons (Fsp3) is 0.0526. The molecule has 3 aromatic rings. The highest BCUT2D eigenvalue weighted by Gasteiger charge is 2.22. The van der Waals surface area contributed by atoms with Crippen LogP contribution in [-0.2, 0) is 16.6 Å². The Morgan fingerprint density at radius 2 is 1.79 bits per heavy atom. The average molecular weight is 402 g/mol. The molecule has 28 heavy (non-hydrogen) atoms. The number of hydrogen-bond acceptors (Lipinski definition) is 5. The molecule has 0 amide bonds. The molecule has 0 fully saturated rings. The predicted molar refractivity (Wildman–Crippen MR) is 103 cm³/mol. The lowest BCUT2D eigenvalue weighted by molar-refractivity contribution is 0.569. The van der Waals surface area contributed by atoms with E-state index in [0.717, 1.165) is 30.0 Å². The van der Waals surface area contributed by atoms with Crippen molar-refractivity contribution >= 4 is 27.7 Å². The van der Waals surface area contributed by atoms with Gasteiger partial charge in [0.1, 0.15) is 16.5 Å². The van der Waals surface area contributed by atoms with E-state index in [1.54, 1.807) is 0 Å². The van der Waals surface area contributed by atoms with Gasteiger partial charge in [0.2, 0.25) is 5.95 Å². The van der Waals surface area contributed by atoms with Crippen molar-refractivity contribution in [1.29, 1.82) is 5.41 Å². The molecule has 0 atom stereocenters. The summed E-state index contributed by atoms with van der Waals surface area (Å²) in [6.45, 7) is 0.374. The lowest BCUT2D eigenvalue weighted by atomic mass is 10.1. The summed E-state index contributed by atoms with van der Waals surface area (Å²) in [5, 5.41) is 10.5. The highest BCUT2D eigenvalue weighted by Crippen LogP contribution is 2.25. The van der Waals surface area contributed by atoms with Crippen LogP contribution in [0.5, 0.6) is 0 Å². The second kappa shape index (κ2) is 8.13. The highest BCUT2D eigenvalue weighted by atomic mass is 32.2. The van der Waals surface area contributed by atoms with Gasteiger partial charge in [0.25, 0.3) is 10.0 Å². The zero-order valence-electron chi connectivity index (χ0n) is 14.5. The largest absolute Gasteiger partial charge is 0.380 e. The van der Waals surface area contributed by atoms with E-state index in [1.165, 1.54) is 12.1 Å². The molecule has 6 nitrogen and oxygen atoms in total. The minimum atomic E-state index is -4.36. The first-order valence-corrected chi connectivity index (χ1v) is 9.64. The van der Waals surface area contributed by atoms with Crippen LogP contribution in [-0.4, -0.2) is 19.6 Å². The molecule has 9 heteroatoms. The van der Waals surface area contributed by atoms with Crippen molar-refractivity contribution in [2.75, 3.05) is 10.0 Å². The second-order valence-corrected chi connectivity index (χ2v) is 7.46. The van der Waals surface area contributed by atoms with E-state index in [4.69, 9.17) is 5.41 Å². The Bertz CT molecular complexity index is 1110.